The van der Waals surface area contributed by atoms with Crippen LogP contribution in [-0.4, -0.2) is 23.8 Å². The van der Waals surface area contributed by atoms with Crippen LogP contribution in [0, 0.1) is 6.92 Å². The molecule has 0 radical (unpaired) electrons. The summed E-state index contributed by atoms with van der Waals surface area (Å²) >= 11 is 0. The molecule has 5 heteroatoms. The Hall–Kier alpha value is -3.60. The molecule has 0 aromatic heterocycles. The van der Waals surface area contributed by atoms with Gasteiger partial charge in [-0.25, -0.2) is 9.59 Å². The lowest BCUT2D eigenvalue weighted by Crippen LogP contribution is -2.18. The van der Waals surface area contributed by atoms with Gasteiger partial charge in [-0.1, -0.05) is 54.6 Å². The molecular weight excluding hydrogens is 354 g/mol. The Morgan fingerprint density at radius 1 is 0.964 bits per heavy atom. The minimum atomic E-state index is -1.05. The van der Waals surface area contributed by atoms with Gasteiger partial charge in [-0.05, 0) is 46.9 Å². The quantitative estimate of drug-likeness (QED) is 0.671. The monoisotopic (exact) mass is 373 g/mol. The van der Waals surface area contributed by atoms with Gasteiger partial charge >= 0.3 is 12.1 Å². The van der Waals surface area contributed by atoms with Crippen molar-refractivity contribution in [2.45, 2.75) is 12.8 Å². The van der Waals surface area contributed by atoms with E-state index in [1.807, 2.05) is 24.3 Å². The number of carbonyl (C=O) groups is 2. The second-order valence-electron chi connectivity index (χ2n) is 6.79. The molecule has 4 rings (SSSR count). The van der Waals surface area contributed by atoms with E-state index in [4.69, 9.17) is 9.84 Å². The fourth-order valence-electron chi connectivity index (χ4n) is 3.63. The number of anilines is 1. The SMILES string of the molecule is Cc1ccc(C(=O)O)cc1NC(=O)OCC1c2ccccc2-c2ccccc21. The summed E-state index contributed by atoms with van der Waals surface area (Å²) in [5, 5.41) is 11.8. The minimum Gasteiger partial charge on any atom is -0.478 e. The first kappa shape index (κ1) is 17.8. The number of carbonyl (C=O) groups excluding carboxylic acids is 1. The second kappa shape index (κ2) is 7.19. The van der Waals surface area contributed by atoms with Crippen LogP contribution in [0.25, 0.3) is 11.1 Å². The summed E-state index contributed by atoms with van der Waals surface area (Å²) in [5.41, 5.74) is 5.91. The maximum atomic E-state index is 12.3. The maximum absolute atomic E-state index is 12.3. The molecule has 3 aromatic carbocycles. The smallest absolute Gasteiger partial charge is 0.411 e. The van der Waals surface area contributed by atoms with Gasteiger partial charge in [-0.3, -0.25) is 5.32 Å². The van der Waals surface area contributed by atoms with Crippen molar-refractivity contribution in [3.8, 4) is 11.1 Å². The number of benzene rings is 3. The van der Waals surface area contributed by atoms with Crippen molar-refractivity contribution in [1.82, 2.24) is 0 Å². The molecule has 1 aliphatic rings. The summed E-state index contributed by atoms with van der Waals surface area (Å²) in [4.78, 5) is 23.5. The van der Waals surface area contributed by atoms with Crippen molar-refractivity contribution < 1.29 is 19.4 Å². The van der Waals surface area contributed by atoms with E-state index in [0.29, 0.717) is 5.69 Å². The maximum Gasteiger partial charge on any atom is 0.411 e. The van der Waals surface area contributed by atoms with Gasteiger partial charge in [0.1, 0.15) is 6.61 Å². The molecule has 0 fully saturated rings. The van der Waals surface area contributed by atoms with Gasteiger partial charge in [0.25, 0.3) is 0 Å². The van der Waals surface area contributed by atoms with Crippen molar-refractivity contribution in [2.75, 3.05) is 11.9 Å². The molecule has 1 amide bonds. The number of hydrogen-bond donors (Lipinski definition) is 2. The predicted molar refractivity (Wildman–Crippen MR) is 107 cm³/mol. The Morgan fingerprint density at radius 3 is 2.18 bits per heavy atom. The number of carboxylic acids is 1. The van der Waals surface area contributed by atoms with Gasteiger partial charge in [0.2, 0.25) is 0 Å². The number of rotatable bonds is 4. The zero-order valence-electron chi connectivity index (χ0n) is 15.3. The topological polar surface area (TPSA) is 75.6 Å². The third-order valence-electron chi connectivity index (χ3n) is 5.06. The molecule has 0 saturated carbocycles. The molecule has 0 aliphatic heterocycles. The number of ether oxygens (including phenoxy) is 1. The molecular formula is C23H19NO4. The normalized spacial score (nSPS) is 12.2. The van der Waals surface area contributed by atoms with Crippen molar-refractivity contribution >= 4 is 17.7 Å². The number of hydrogen-bond acceptors (Lipinski definition) is 3. The zero-order valence-corrected chi connectivity index (χ0v) is 15.3. The molecule has 0 unspecified atom stereocenters. The molecule has 5 nitrogen and oxygen atoms in total. The molecule has 0 spiro atoms. The van der Waals surface area contributed by atoms with Gasteiger partial charge in [0.15, 0.2) is 0 Å². The average molecular weight is 373 g/mol. The highest BCUT2D eigenvalue weighted by Gasteiger charge is 2.29. The van der Waals surface area contributed by atoms with Crippen LogP contribution in [0.4, 0.5) is 10.5 Å². The molecule has 28 heavy (non-hydrogen) atoms. The zero-order chi connectivity index (χ0) is 19.7. The summed E-state index contributed by atoms with van der Waals surface area (Å²) < 4.78 is 5.50. The van der Waals surface area contributed by atoms with E-state index in [-0.39, 0.29) is 18.1 Å². The van der Waals surface area contributed by atoms with E-state index >= 15 is 0 Å². The summed E-state index contributed by atoms with van der Waals surface area (Å²) in [6, 6.07) is 20.8. The molecule has 0 atom stereocenters. The van der Waals surface area contributed by atoms with Crippen LogP contribution in [-0.2, 0) is 4.74 Å². The van der Waals surface area contributed by atoms with Crippen LogP contribution in [0.3, 0.4) is 0 Å². The highest BCUT2D eigenvalue weighted by molar-refractivity contribution is 5.92. The van der Waals surface area contributed by atoms with Crippen LogP contribution < -0.4 is 5.32 Å². The van der Waals surface area contributed by atoms with Crippen LogP contribution in [0.5, 0.6) is 0 Å². The third kappa shape index (κ3) is 3.22. The average Bonchev–Trinajstić information content (AvgIpc) is 3.02. The van der Waals surface area contributed by atoms with Crippen molar-refractivity contribution in [1.29, 1.82) is 0 Å². The predicted octanol–water partition coefficient (Wildman–Crippen LogP) is 5.05. The Balaban J connectivity index is 1.50. The standard InChI is InChI=1S/C23H19NO4/c1-14-10-11-15(22(25)26)12-21(14)24-23(27)28-13-20-18-8-4-2-6-16(18)17-7-3-5-9-19(17)20/h2-12,20H,13H2,1H3,(H,24,27)(H,25,26). The molecule has 1 aliphatic carbocycles. The van der Waals surface area contributed by atoms with Crippen LogP contribution in [0.2, 0.25) is 0 Å². The first-order valence-electron chi connectivity index (χ1n) is 9.00. The molecule has 3 aromatic rings. The first-order valence-corrected chi connectivity index (χ1v) is 9.00. The Labute approximate surface area is 162 Å². The lowest BCUT2D eigenvalue weighted by molar-refractivity contribution is 0.0696. The third-order valence-corrected chi connectivity index (χ3v) is 5.06. The first-order chi connectivity index (χ1) is 13.5. The highest BCUT2D eigenvalue weighted by Crippen LogP contribution is 2.44. The van der Waals surface area contributed by atoms with Gasteiger partial charge in [-0.2, -0.15) is 0 Å². The molecule has 2 N–H and O–H groups in total. The molecule has 0 heterocycles. The lowest BCUT2D eigenvalue weighted by atomic mass is 9.98. The fourth-order valence-corrected chi connectivity index (χ4v) is 3.63. The number of fused-ring (bicyclic) bond motifs is 3. The number of aromatic carboxylic acids is 1. The van der Waals surface area contributed by atoms with Crippen LogP contribution in [0.1, 0.15) is 33.0 Å². The molecule has 0 bridgehead atoms. The Bertz CT molecular complexity index is 1030. The number of nitrogens with one attached hydrogen (secondary N) is 1. The highest BCUT2D eigenvalue weighted by atomic mass is 16.5. The van der Waals surface area contributed by atoms with E-state index < -0.39 is 12.1 Å². The number of amides is 1. The van der Waals surface area contributed by atoms with Crippen LogP contribution in [0.15, 0.2) is 66.7 Å². The summed E-state index contributed by atoms with van der Waals surface area (Å²) in [7, 11) is 0. The lowest BCUT2D eigenvalue weighted by Gasteiger charge is -2.15. The number of aryl methyl sites for hydroxylation is 1. The summed E-state index contributed by atoms with van der Waals surface area (Å²) in [6.45, 7) is 2.00. The van der Waals surface area contributed by atoms with E-state index in [0.717, 1.165) is 27.8 Å². The van der Waals surface area contributed by atoms with E-state index in [1.54, 1.807) is 13.0 Å². The van der Waals surface area contributed by atoms with Gasteiger partial charge in [-0.15, -0.1) is 0 Å². The Morgan fingerprint density at radius 2 is 1.57 bits per heavy atom. The van der Waals surface area contributed by atoms with E-state index in [1.165, 1.54) is 12.1 Å². The summed E-state index contributed by atoms with van der Waals surface area (Å²) in [6.07, 6.45) is -0.604. The van der Waals surface area contributed by atoms with Crippen LogP contribution >= 0.6 is 0 Å². The van der Waals surface area contributed by atoms with Gasteiger partial charge < -0.3 is 9.84 Å². The molecule has 0 saturated heterocycles. The Kier molecular flexibility index (Phi) is 4.57. The largest absolute Gasteiger partial charge is 0.478 e. The number of carboxylic acid groups (broad SMARTS) is 1. The van der Waals surface area contributed by atoms with Gasteiger partial charge in [0, 0.05) is 11.6 Å². The van der Waals surface area contributed by atoms with Crippen molar-refractivity contribution in [2.24, 2.45) is 0 Å². The van der Waals surface area contributed by atoms with E-state index in [9.17, 15) is 9.59 Å². The van der Waals surface area contributed by atoms with E-state index in [2.05, 4.69) is 29.6 Å². The van der Waals surface area contributed by atoms with Crippen molar-refractivity contribution in [3.05, 3.63) is 89.0 Å². The molecule has 140 valence electrons. The summed E-state index contributed by atoms with van der Waals surface area (Å²) in [5.74, 6) is -1.07. The van der Waals surface area contributed by atoms with Gasteiger partial charge in [0.05, 0.1) is 5.56 Å². The minimum absolute atomic E-state index is 0.0235. The van der Waals surface area contributed by atoms with Crippen molar-refractivity contribution in [3.63, 3.8) is 0 Å². The fraction of sp³-hybridized carbons (Fsp3) is 0.130. The second-order valence-corrected chi connectivity index (χ2v) is 6.79.